The second-order valence-corrected chi connectivity index (χ2v) is 5.95. The quantitative estimate of drug-likeness (QED) is 0.557. The van der Waals surface area contributed by atoms with Gasteiger partial charge in [0.05, 0.1) is 5.03 Å². The minimum absolute atomic E-state index is 0.0382. The van der Waals surface area contributed by atoms with E-state index in [0.717, 1.165) is 24.7 Å². The molecule has 1 atom stereocenters. The number of hydrogen-bond acceptors (Lipinski definition) is 2. The largest absolute Gasteiger partial charge is 0.370 e. The Kier molecular flexibility index (Phi) is 9.51. The maximum absolute atomic E-state index is 12.9. The summed E-state index contributed by atoms with van der Waals surface area (Å²) in [5.41, 5.74) is 1.11. The van der Waals surface area contributed by atoms with E-state index in [2.05, 4.69) is 10.3 Å². The molecule has 0 aliphatic heterocycles. The zero-order valence-electron chi connectivity index (χ0n) is 13.6. The van der Waals surface area contributed by atoms with Gasteiger partial charge in [0.2, 0.25) is 5.92 Å². The molecule has 0 heterocycles. The van der Waals surface area contributed by atoms with Gasteiger partial charge in [-0.05, 0) is 45.1 Å². The smallest absolute Gasteiger partial charge is 0.245 e. The summed E-state index contributed by atoms with van der Waals surface area (Å²) in [6.07, 6.45) is 4.81. The van der Waals surface area contributed by atoms with Gasteiger partial charge in [-0.1, -0.05) is 31.5 Å². The lowest BCUT2D eigenvalue weighted by molar-refractivity contribution is -0.00209. The van der Waals surface area contributed by atoms with E-state index < -0.39 is 5.92 Å². The Hall–Kier alpha value is -0.900. The van der Waals surface area contributed by atoms with Crippen LogP contribution in [0.15, 0.2) is 27.5 Å². The zero-order chi connectivity index (χ0) is 16.5. The molecule has 0 amide bonds. The highest BCUT2D eigenvalue weighted by Crippen LogP contribution is 2.24. The summed E-state index contributed by atoms with van der Waals surface area (Å²) in [6.45, 7) is 9.30. The molecule has 0 saturated carbocycles. The van der Waals surface area contributed by atoms with Gasteiger partial charge in [0.25, 0.3) is 0 Å². The molecule has 0 saturated heterocycles. The Bertz CT molecular complexity index is 396. The predicted octanol–water partition coefficient (Wildman–Crippen LogP) is 5.50. The van der Waals surface area contributed by atoms with Gasteiger partial charge in [0.1, 0.15) is 5.82 Å². The van der Waals surface area contributed by atoms with Crippen LogP contribution in [0.25, 0.3) is 0 Å². The predicted molar refractivity (Wildman–Crippen MR) is 88.1 cm³/mol. The maximum atomic E-state index is 12.9. The van der Waals surface area contributed by atoms with Crippen molar-refractivity contribution in [2.24, 2.45) is 10.9 Å². The molecule has 0 fully saturated rings. The van der Waals surface area contributed by atoms with Gasteiger partial charge in [-0.3, -0.25) is 0 Å². The Morgan fingerprint density at radius 1 is 1.43 bits per heavy atom. The number of nitrogens with one attached hydrogen (secondary N) is 1. The fourth-order valence-corrected chi connectivity index (χ4v) is 1.87. The van der Waals surface area contributed by atoms with Crippen molar-refractivity contribution in [3.63, 3.8) is 0 Å². The van der Waals surface area contributed by atoms with Gasteiger partial charge in [-0.2, -0.15) is 0 Å². The summed E-state index contributed by atoms with van der Waals surface area (Å²) in [5, 5.41) is 3.78. The van der Waals surface area contributed by atoms with Crippen molar-refractivity contribution >= 4 is 17.8 Å². The average Bonchev–Trinajstić information content (AvgIpc) is 2.39. The third-order valence-electron chi connectivity index (χ3n) is 3.16. The zero-order valence-corrected chi connectivity index (χ0v) is 14.4. The molecule has 2 nitrogen and oxygen atoms in total. The molecule has 5 heteroatoms. The van der Waals surface area contributed by atoms with Crippen molar-refractivity contribution in [1.29, 1.82) is 0 Å². The van der Waals surface area contributed by atoms with Crippen molar-refractivity contribution < 1.29 is 8.78 Å². The second-order valence-electron chi connectivity index (χ2n) is 5.51. The summed E-state index contributed by atoms with van der Waals surface area (Å²) in [6, 6.07) is 0. The van der Waals surface area contributed by atoms with Crippen LogP contribution in [0, 0.1) is 5.92 Å². The van der Waals surface area contributed by atoms with E-state index in [1.54, 1.807) is 12.3 Å². The first-order valence-electron chi connectivity index (χ1n) is 7.37. The van der Waals surface area contributed by atoms with Gasteiger partial charge < -0.3 is 5.32 Å². The number of alkyl halides is 2. The van der Waals surface area contributed by atoms with Crippen LogP contribution in [0.3, 0.4) is 0 Å². The Morgan fingerprint density at radius 2 is 2.05 bits per heavy atom. The highest BCUT2D eigenvalue weighted by Gasteiger charge is 2.23. The van der Waals surface area contributed by atoms with Crippen LogP contribution in [0.5, 0.6) is 0 Å². The van der Waals surface area contributed by atoms with Gasteiger partial charge >= 0.3 is 0 Å². The molecule has 0 spiro atoms. The molecule has 0 bridgehead atoms. The van der Waals surface area contributed by atoms with Crippen LogP contribution < -0.4 is 5.32 Å². The molecule has 21 heavy (non-hydrogen) atoms. The van der Waals surface area contributed by atoms with Crippen LogP contribution in [-0.2, 0) is 0 Å². The van der Waals surface area contributed by atoms with Gasteiger partial charge in [0.15, 0.2) is 0 Å². The van der Waals surface area contributed by atoms with E-state index in [0.29, 0.717) is 18.0 Å². The van der Waals surface area contributed by atoms with Crippen molar-refractivity contribution in [1.82, 2.24) is 5.32 Å². The van der Waals surface area contributed by atoms with Crippen LogP contribution in [-0.4, -0.2) is 18.7 Å². The average molecular weight is 321 g/mol. The van der Waals surface area contributed by atoms with Crippen molar-refractivity contribution in [2.45, 2.75) is 59.8 Å². The monoisotopic (exact) mass is 320 g/mol. The molecule has 0 aromatic rings. The topological polar surface area (TPSA) is 24.4 Å². The Labute approximate surface area is 132 Å². The van der Waals surface area contributed by atoms with Crippen molar-refractivity contribution in [3.8, 4) is 0 Å². The fraction of sp³-hybridized carbons (Fsp3) is 0.688. The normalized spacial score (nSPS) is 16.1. The number of allylic oxidation sites excluding steroid dienone is 3. The highest BCUT2D eigenvalue weighted by atomic mass is 35.5. The van der Waals surface area contributed by atoms with E-state index in [1.165, 1.54) is 0 Å². The van der Waals surface area contributed by atoms with Gasteiger partial charge in [-0.15, -0.1) is 0 Å². The maximum Gasteiger partial charge on any atom is 0.245 e. The molecular weight excluding hydrogens is 294 g/mol. The summed E-state index contributed by atoms with van der Waals surface area (Å²) in [4.78, 5) is 4.33. The Morgan fingerprint density at radius 3 is 2.52 bits per heavy atom. The molecule has 0 radical (unpaired) electrons. The minimum Gasteiger partial charge on any atom is -0.370 e. The lowest BCUT2D eigenvalue weighted by Crippen LogP contribution is -2.21. The van der Waals surface area contributed by atoms with Crippen molar-refractivity contribution in [3.05, 3.63) is 22.5 Å². The SMILES string of the molecule is C\C=C(Cl)/C=N\C(NCCC(C)CC(C)(F)F)=C(\C)CC. The number of hydrogen-bond donors (Lipinski definition) is 1. The van der Waals surface area contributed by atoms with E-state index >= 15 is 0 Å². The molecule has 0 rings (SSSR count). The lowest BCUT2D eigenvalue weighted by atomic mass is 10.0. The third-order valence-corrected chi connectivity index (χ3v) is 3.48. The number of aliphatic imine (C=N–C) groups is 1. The summed E-state index contributed by atoms with van der Waals surface area (Å²) in [5.74, 6) is -1.87. The van der Waals surface area contributed by atoms with Crippen LogP contribution in [0.4, 0.5) is 8.78 Å². The lowest BCUT2D eigenvalue weighted by Gasteiger charge is -2.17. The minimum atomic E-state index is -2.60. The van der Waals surface area contributed by atoms with Crippen molar-refractivity contribution in [2.75, 3.05) is 6.54 Å². The van der Waals surface area contributed by atoms with Crippen LogP contribution in [0.1, 0.15) is 53.9 Å². The third kappa shape index (κ3) is 10.5. The molecule has 0 aromatic heterocycles. The summed E-state index contributed by atoms with van der Waals surface area (Å²) < 4.78 is 25.8. The van der Waals surface area contributed by atoms with Crippen LogP contribution in [0.2, 0.25) is 0 Å². The van der Waals surface area contributed by atoms with E-state index in [9.17, 15) is 8.78 Å². The standard InChI is InChI=1S/C16H27ClF2N2/c1-6-13(4)15(21-11-14(17)7-2)20-9-8-12(3)10-16(5,18)19/h7,11-12,20H,6,8-10H2,1-5H3/b14-7+,15-13-,21-11-. The molecule has 1 N–H and O–H groups in total. The molecule has 0 aliphatic rings. The first kappa shape index (κ1) is 20.1. The highest BCUT2D eigenvalue weighted by molar-refractivity contribution is 6.39. The first-order chi connectivity index (χ1) is 9.69. The van der Waals surface area contributed by atoms with E-state index in [4.69, 9.17) is 11.6 Å². The summed E-state index contributed by atoms with van der Waals surface area (Å²) in [7, 11) is 0. The van der Waals surface area contributed by atoms with Gasteiger partial charge in [-0.25, -0.2) is 13.8 Å². The molecule has 0 aromatic carbocycles. The second kappa shape index (κ2) is 9.93. The summed E-state index contributed by atoms with van der Waals surface area (Å²) >= 11 is 5.89. The number of rotatable bonds is 9. The Balaban J connectivity index is 4.50. The van der Waals surface area contributed by atoms with E-state index in [-0.39, 0.29) is 12.3 Å². The molecule has 122 valence electrons. The van der Waals surface area contributed by atoms with Crippen LogP contribution >= 0.6 is 11.6 Å². The number of nitrogens with zero attached hydrogens (tertiary/aromatic N) is 1. The first-order valence-corrected chi connectivity index (χ1v) is 7.74. The molecule has 1 unspecified atom stereocenters. The molecule has 0 aliphatic carbocycles. The fourth-order valence-electron chi connectivity index (χ4n) is 1.83. The van der Waals surface area contributed by atoms with Gasteiger partial charge in [0, 0.05) is 19.2 Å². The number of halogens is 3. The van der Waals surface area contributed by atoms with E-state index in [1.807, 2.05) is 27.7 Å². The molecular formula is C16H27ClF2N2.